The van der Waals surface area contributed by atoms with E-state index in [1.54, 1.807) is 0 Å². The predicted molar refractivity (Wildman–Crippen MR) is 115 cm³/mol. The van der Waals surface area contributed by atoms with E-state index in [4.69, 9.17) is 11.1 Å². The highest BCUT2D eigenvalue weighted by atomic mass is 16.2. The van der Waals surface area contributed by atoms with Crippen LogP contribution in [0.5, 0.6) is 0 Å². The van der Waals surface area contributed by atoms with Crippen molar-refractivity contribution >= 4 is 35.4 Å². The molecule has 5 aliphatic rings. The summed E-state index contributed by atoms with van der Waals surface area (Å²) in [5.41, 5.74) is 17.5. The van der Waals surface area contributed by atoms with Gasteiger partial charge in [-0.2, -0.15) is 0 Å². The van der Waals surface area contributed by atoms with Gasteiger partial charge in [-0.25, -0.2) is 0 Å². The van der Waals surface area contributed by atoms with E-state index in [2.05, 4.69) is 20.1 Å². The van der Waals surface area contributed by atoms with Gasteiger partial charge in [0.1, 0.15) is 13.1 Å². The first-order chi connectivity index (χ1) is 17.0. The van der Waals surface area contributed by atoms with Crippen LogP contribution >= 0.6 is 0 Å². The minimum Gasteiger partial charge on any atom is -0.294 e. The van der Waals surface area contributed by atoms with Crippen molar-refractivity contribution in [1.82, 2.24) is 29.4 Å². The second-order valence-electron chi connectivity index (χ2n) is 8.57. The maximum Gasteiger partial charge on any atom is 0.231 e. The molecule has 5 fully saturated rings. The Bertz CT molecular complexity index is 1030. The van der Waals surface area contributed by atoms with Crippen LogP contribution in [0.3, 0.4) is 0 Å². The van der Waals surface area contributed by atoms with Crippen LogP contribution in [0.1, 0.15) is 27.7 Å². The first-order valence-corrected chi connectivity index (χ1v) is 10.8. The summed E-state index contributed by atoms with van der Waals surface area (Å²) in [7, 11) is 0. The maximum atomic E-state index is 13.4. The summed E-state index contributed by atoms with van der Waals surface area (Å²) in [6, 6.07) is 0. The molecule has 0 saturated carbocycles. The number of carbonyl (C=O) groups excluding carboxylic acids is 6. The van der Waals surface area contributed by atoms with Crippen molar-refractivity contribution in [3.63, 3.8) is 0 Å². The van der Waals surface area contributed by atoms with Crippen LogP contribution < -0.4 is 0 Å². The van der Waals surface area contributed by atoms with Crippen LogP contribution in [0.2, 0.25) is 0 Å². The van der Waals surface area contributed by atoms with E-state index in [1.807, 2.05) is 0 Å². The lowest BCUT2D eigenvalue weighted by molar-refractivity contribution is -0.188. The summed E-state index contributed by atoms with van der Waals surface area (Å²) in [4.78, 5) is 90.9. The molecular formula is C18H22N12O6. The molecule has 0 radical (unpaired) electrons. The van der Waals surface area contributed by atoms with Crippen LogP contribution in [0.25, 0.3) is 20.9 Å². The Labute approximate surface area is 203 Å². The molecule has 190 valence electrons. The lowest BCUT2D eigenvalue weighted by Gasteiger charge is -2.54. The number of piperazine rings is 1. The Kier molecular flexibility index (Phi) is 5.86. The number of carbonyl (C=O) groups is 6. The van der Waals surface area contributed by atoms with Gasteiger partial charge in [-0.1, -0.05) is 10.2 Å². The van der Waals surface area contributed by atoms with Crippen LogP contribution in [0.4, 0.5) is 0 Å². The van der Waals surface area contributed by atoms with Crippen molar-refractivity contribution < 1.29 is 28.8 Å². The Balaban J connectivity index is 2.08. The largest absolute Gasteiger partial charge is 0.294 e. The summed E-state index contributed by atoms with van der Waals surface area (Å²) in [5, 5.41) is 6.62. The topological polar surface area (TPSA) is 219 Å². The number of nitrogens with zero attached hydrogens (tertiary/aromatic N) is 12. The fourth-order valence-electron chi connectivity index (χ4n) is 5.89. The molecule has 4 unspecified atom stereocenters. The summed E-state index contributed by atoms with van der Waals surface area (Å²) in [6.45, 7) is 3.41. The van der Waals surface area contributed by atoms with E-state index in [1.165, 1.54) is 47.3 Å². The minimum absolute atomic E-state index is 0.596. The molecule has 0 aromatic carbocycles. The fourth-order valence-corrected chi connectivity index (χ4v) is 5.89. The van der Waals surface area contributed by atoms with Gasteiger partial charge in [0.15, 0.2) is 37.0 Å². The SMILES string of the molecule is CC(=O)N1C2C3N(C(C)=O)C4C(N3C(C)=O)N(C(=O)CN=[N+]=[N-])C(C1N4C(=O)CN=[N+]=[N-])N2C(C)=O. The van der Waals surface area contributed by atoms with Gasteiger partial charge in [-0.3, -0.25) is 58.2 Å². The van der Waals surface area contributed by atoms with Crippen LogP contribution in [0.15, 0.2) is 10.2 Å². The Morgan fingerprint density at radius 1 is 0.528 bits per heavy atom. The molecule has 6 amide bonds. The molecule has 0 aromatic heterocycles. The van der Waals surface area contributed by atoms with Crippen molar-refractivity contribution in [2.24, 2.45) is 10.2 Å². The summed E-state index contributed by atoms with van der Waals surface area (Å²) in [5.74, 6) is -3.96. The average molecular weight is 502 g/mol. The molecule has 5 heterocycles. The molecule has 0 aromatic rings. The van der Waals surface area contributed by atoms with E-state index in [9.17, 15) is 28.8 Å². The third kappa shape index (κ3) is 3.11. The van der Waals surface area contributed by atoms with Crippen molar-refractivity contribution in [2.75, 3.05) is 13.1 Å². The molecule has 18 nitrogen and oxygen atoms in total. The summed E-state index contributed by atoms with van der Waals surface area (Å²) >= 11 is 0. The molecule has 4 atom stereocenters. The van der Waals surface area contributed by atoms with E-state index in [0.717, 1.165) is 9.80 Å². The number of azide groups is 2. The lowest BCUT2D eigenvalue weighted by Crippen LogP contribution is -2.77. The zero-order chi connectivity index (χ0) is 26.6. The molecule has 6 bridgehead atoms. The van der Waals surface area contributed by atoms with Crippen molar-refractivity contribution in [3.05, 3.63) is 20.9 Å². The van der Waals surface area contributed by atoms with Gasteiger partial charge in [-0.15, -0.1) is 0 Å². The maximum absolute atomic E-state index is 13.4. The normalized spacial score (nSPS) is 29.1. The first kappa shape index (κ1) is 24.6. The molecule has 0 N–H and O–H groups in total. The van der Waals surface area contributed by atoms with E-state index < -0.39 is 85.5 Å². The number of rotatable bonds is 4. The summed E-state index contributed by atoms with van der Waals surface area (Å²) < 4.78 is 0. The van der Waals surface area contributed by atoms with Gasteiger partial charge in [0, 0.05) is 37.5 Å². The first-order valence-electron chi connectivity index (χ1n) is 10.8. The zero-order valence-corrected chi connectivity index (χ0v) is 19.7. The number of hydrogen-bond acceptors (Lipinski definition) is 8. The van der Waals surface area contributed by atoms with Gasteiger partial charge in [0.25, 0.3) is 0 Å². The van der Waals surface area contributed by atoms with Crippen molar-refractivity contribution in [3.8, 4) is 0 Å². The standard InChI is InChI=1S/C18H22N12O6/c1-7(31)25-13-14-27(9(3)33)17-18(28(14)10(4)34)30(12(36)6-22-24-20)16(26(13)8(2)32)15(25)29(17)11(35)5-21-23-19/h13-18H,5-6H2,1-4H3. The predicted octanol–water partition coefficient (Wildman–Crippen LogP) is -1.33. The Hall–Kier alpha value is -4.56. The van der Waals surface area contributed by atoms with Gasteiger partial charge in [-0.05, 0) is 11.1 Å². The molecule has 0 spiro atoms. The lowest BCUT2D eigenvalue weighted by atomic mass is 10.1. The van der Waals surface area contributed by atoms with Gasteiger partial charge in [0.2, 0.25) is 35.4 Å². The minimum atomic E-state index is -1.27. The van der Waals surface area contributed by atoms with Crippen LogP contribution in [-0.2, 0) is 28.8 Å². The Morgan fingerprint density at radius 2 is 0.750 bits per heavy atom. The van der Waals surface area contributed by atoms with Crippen molar-refractivity contribution in [1.29, 1.82) is 0 Å². The second kappa shape index (κ2) is 8.58. The quantitative estimate of drug-likeness (QED) is 0.257. The Morgan fingerprint density at radius 3 is 0.944 bits per heavy atom. The smallest absolute Gasteiger partial charge is 0.231 e. The zero-order valence-electron chi connectivity index (χ0n) is 19.7. The molecule has 5 rings (SSSR count). The fraction of sp³-hybridized carbons (Fsp3) is 0.667. The third-order valence-electron chi connectivity index (χ3n) is 6.79. The van der Waals surface area contributed by atoms with E-state index in [-0.39, 0.29) is 0 Å². The molecular weight excluding hydrogens is 480 g/mol. The molecule has 18 heteroatoms. The van der Waals surface area contributed by atoms with E-state index in [0.29, 0.717) is 0 Å². The number of amides is 6. The third-order valence-corrected chi connectivity index (χ3v) is 6.79. The highest BCUT2D eigenvalue weighted by Crippen LogP contribution is 2.51. The van der Waals surface area contributed by atoms with Crippen LogP contribution in [-0.4, -0.2) is 115 Å². The average Bonchev–Trinajstić information content (AvgIpc) is 3.25. The molecule has 36 heavy (non-hydrogen) atoms. The summed E-state index contributed by atoms with van der Waals surface area (Å²) in [6.07, 6.45) is -7.54. The monoisotopic (exact) mass is 502 g/mol. The highest BCUT2D eigenvalue weighted by Gasteiger charge is 2.75. The van der Waals surface area contributed by atoms with E-state index >= 15 is 0 Å². The van der Waals surface area contributed by atoms with Crippen LogP contribution in [0, 0.1) is 0 Å². The molecule has 5 aliphatic heterocycles. The van der Waals surface area contributed by atoms with Gasteiger partial charge >= 0.3 is 0 Å². The van der Waals surface area contributed by atoms with Gasteiger partial charge in [0.05, 0.1) is 0 Å². The van der Waals surface area contributed by atoms with Gasteiger partial charge < -0.3 is 0 Å². The number of hydrogen-bond donors (Lipinski definition) is 0. The highest BCUT2D eigenvalue weighted by molar-refractivity contribution is 5.89. The van der Waals surface area contributed by atoms with Crippen molar-refractivity contribution in [2.45, 2.75) is 64.7 Å². The molecule has 0 aliphatic carbocycles. The molecule has 5 saturated heterocycles. The second-order valence-corrected chi connectivity index (χ2v) is 8.57.